The zero-order chi connectivity index (χ0) is 15.4. The zero-order valence-electron chi connectivity index (χ0n) is 13.0. The van der Waals surface area contributed by atoms with E-state index in [-0.39, 0.29) is 11.4 Å². The first-order chi connectivity index (χ1) is 10.7. The maximum Gasteiger partial charge on any atom is 0.273 e. The lowest BCUT2D eigenvalue weighted by Gasteiger charge is -2.30. The van der Waals surface area contributed by atoms with E-state index in [4.69, 9.17) is 10.5 Å². The van der Waals surface area contributed by atoms with E-state index in [9.17, 15) is 4.79 Å². The molecule has 0 atom stereocenters. The number of hydrogen-bond donors (Lipinski definition) is 2. The second-order valence-corrected chi connectivity index (χ2v) is 6.36. The van der Waals surface area contributed by atoms with Crippen LogP contribution in [0.15, 0.2) is 6.20 Å². The van der Waals surface area contributed by atoms with Crippen LogP contribution in [0.2, 0.25) is 0 Å². The van der Waals surface area contributed by atoms with Gasteiger partial charge < -0.3 is 15.8 Å². The number of amides is 1. The molecule has 1 aromatic heterocycles. The Bertz CT molecular complexity index is 506. The quantitative estimate of drug-likeness (QED) is 0.723. The Labute approximate surface area is 130 Å². The lowest BCUT2D eigenvalue weighted by Crippen LogP contribution is -2.44. The molecule has 2 heterocycles. The maximum absolute atomic E-state index is 12.4. The summed E-state index contributed by atoms with van der Waals surface area (Å²) < 4.78 is 7.14. The van der Waals surface area contributed by atoms with Gasteiger partial charge in [-0.05, 0) is 51.0 Å². The molecule has 7 heteroatoms. The van der Waals surface area contributed by atoms with Crippen molar-refractivity contribution in [3.8, 4) is 0 Å². The smallest absolute Gasteiger partial charge is 0.273 e. The summed E-state index contributed by atoms with van der Waals surface area (Å²) in [6.45, 7) is 3.04. The fourth-order valence-corrected chi connectivity index (χ4v) is 3.24. The molecule has 7 nitrogen and oxygen atoms in total. The van der Waals surface area contributed by atoms with Crippen LogP contribution in [0, 0.1) is 5.92 Å². The largest absolute Gasteiger partial charge is 0.381 e. The van der Waals surface area contributed by atoms with Crippen molar-refractivity contribution in [3.63, 3.8) is 0 Å². The lowest BCUT2D eigenvalue weighted by atomic mass is 9.89. The highest BCUT2D eigenvalue weighted by atomic mass is 16.5. The molecule has 22 heavy (non-hydrogen) atoms. The van der Waals surface area contributed by atoms with Crippen LogP contribution in [0.1, 0.15) is 49.0 Å². The minimum atomic E-state index is -0.103. The first-order valence-corrected chi connectivity index (χ1v) is 8.24. The second kappa shape index (κ2) is 6.75. The van der Waals surface area contributed by atoms with E-state index < -0.39 is 0 Å². The Balaban J connectivity index is 1.55. The van der Waals surface area contributed by atoms with E-state index in [1.54, 1.807) is 10.9 Å². The number of carbonyl (C=O) groups is 1. The van der Waals surface area contributed by atoms with Gasteiger partial charge >= 0.3 is 0 Å². The van der Waals surface area contributed by atoms with Crippen LogP contribution >= 0.6 is 0 Å². The molecule has 1 aromatic rings. The number of hydrogen-bond acceptors (Lipinski definition) is 5. The van der Waals surface area contributed by atoms with Crippen LogP contribution in [0.4, 0.5) is 0 Å². The Kier molecular flexibility index (Phi) is 4.73. The Morgan fingerprint density at radius 2 is 2.18 bits per heavy atom. The highest BCUT2D eigenvalue weighted by Gasteiger charge is 2.50. The Hall–Kier alpha value is -1.47. The van der Waals surface area contributed by atoms with E-state index in [1.165, 1.54) is 0 Å². The van der Waals surface area contributed by atoms with Gasteiger partial charge in [0, 0.05) is 25.3 Å². The molecule has 1 aliphatic heterocycles. The predicted molar refractivity (Wildman–Crippen MR) is 81.3 cm³/mol. The molecule has 1 amide bonds. The van der Waals surface area contributed by atoms with Crippen LogP contribution in [0.3, 0.4) is 0 Å². The first kappa shape index (κ1) is 15.4. The van der Waals surface area contributed by atoms with Crippen molar-refractivity contribution in [1.82, 2.24) is 20.3 Å². The first-order valence-electron chi connectivity index (χ1n) is 8.24. The molecule has 3 rings (SSSR count). The Morgan fingerprint density at radius 3 is 2.86 bits per heavy atom. The van der Waals surface area contributed by atoms with Crippen molar-refractivity contribution in [2.45, 2.75) is 50.6 Å². The lowest BCUT2D eigenvalue weighted by molar-refractivity contribution is 0.0474. The standard InChI is InChI=1S/C15H25N5O2/c16-7-1-2-8-20-11-13(18-19-20)14(21)17-15(5-6-15)12-3-9-22-10-4-12/h11-12H,1-10,16H2,(H,17,21). The average molecular weight is 307 g/mol. The molecule has 1 aliphatic carbocycles. The van der Waals surface area contributed by atoms with Gasteiger partial charge in [0.05, 0.1) is 6.20 Å². The van der Waals surface area contributed by atoms with E-state index in [2.05, 4.69) is 15.6 Å². The number of nitrogens with two attached hydrogens (primary N) is 1. The topological polar surface area (TPSA) is 95.1 Å². The summed E-state index contributed by atoms with van der Waals surface area (Å²) in [5, 5.41) is 11.2. The summed E-state index contributed by atoms with van der Waals surface area (Å²) in [6, 6.07) is 0. The SMILES string of the molecule is NCCCCn1cc(C(=O)NC2(C3CCOCC3)CC2)nn1. The van der Waals surface area contributed by atoms with Crippen LogP contribution < -0.4 is 11.1 Å². The maximum atomic E-state index is 12.4. The van der Waals surface area contributed by atoms with E-state index in [0.717, 1.165) is 58.3 Å². The van der Waals surface area contributed by atoms with E-state index in [0.29, 0.717) is 18.2 Å². The predicted octanol–water partition coefficient (Wildman–Crippen LogP) is 0.706. The molecular weight excluding hydrogens is 282 g/mol. The van der Waals surface area contributed by atoms with Gasteiger partial charge in [0.25, 0.3) is 5.91 Å². The number of nitrogens with zero attached hydrogens (tertiary/aromatic N) is 3. The minimum Gasteiger partial charge on any atom is -0.381 e. The van der Waals surface area contributed by atoms with Gasteiger partial charge in [-0.25, -0.2) is 0 Å². The normalized spacial score (nSPS) is 20.8. The molecular formula is C15H25N5O2. The molecule has 0 unspecified atom stereocenters. The van der Waals surface area contributed by atoms with Gasteiger partial charge in [-0.3, -0.25) is 9.48 Å². The van der Waals surface area contributed by atoms with Crippen molar-refractivity contribution in [2.75, 3.05) is 19.8 Å². The van der Waals surface area contributed by atoms with Gasteiger partial charge in [-0.2, -0.15) is 0 Å². The number of ether oxygens (including phenoxy) is 1. The van der Waals surface area contributed by atoms with Gasteiger partial charge in [0.1, 0.15) is 0 Å². The summed E-state index contributed by atoms with van der Waals surface area (Å²) in [5.41, 5.74) is 5.86. The molecule has 0 aromatic carbocycles. The number of aromatic nitrogens is 3. The molecule has 1 saturated carbocycles. The Morgan fingerprint density at radius 1 is 1.41 bits per heavy atom. The van der Waals surface area contributed by atoms with Crippen molar-refractivity contribution in [2.24, 2.45) is 11.7 Å². The van der Waals surface area contributed by atoms with Gasteiger partial charge in [0.15, 0.2) is 5.69 Å². The van der Waals surface area contributed by atoms with Crippen molar-refractivity contribution in [1.29, 1.82) is 0 Å². The van der Waals surface area contributed by atoms with Crippen LogP contribution in [-0.4, -0.2) is 46.2 Å². The zero-order valence-corrected chi connectivity index (χ0v) is 13.0. The summed E-state index contributed by atoms with van der Waals surface area (Å²) in [4.78, 5) is 12.4. The number of nitrogens with one attached hydrogen (secondary N) is 1. The van der Waals surface area contributed by atoms with Crippen LogP contribution in [0.25, 0.3) is 0 Å². The van der Waals surface area contributed by atoms with E-state index in [1.807, 2.05) is 0 Å². The highest BCUT2D eigenvalue weighted by Crippen LogP contribution is 2.46. The fourth-order valence-electron chi connectivity index (χ4n) is 3.24. The monoisotopic (exact) mass is 307 g/mol. The van der Waals surface area contributed by atoms with Gasteiger partial charge in [0.2, 0.25) is 0 Å². The third kappa shape index (κ3) is 3.47. The number of unbranched alkanes of at least 4 members (excludes halogenated alkanes) is 1. The van der Waals surface area contributed by atoms with Crippen LogP contribution in [0.5, 0.6) is 0 Å². The highest BCUT2D eigenvalue weighted by molar-refractivity contribution is 5.92. The third-order valence-corrected chi connectivity index (χ3v) is 4.77. The number of carbonyl (C=O) groups excluding carboxylic acids is 1. The minimum absolute atomic E-state index is 0.0236. The van der Waals surface area contributed by atoms with Crippen molar-refractivity contribution < 1.29 is 9.53 Å². The molecule has 0 radical (unpaired) electrons. The summed E-state index contributed by atoms with van der Waals surface area (Å²) in [6.07, 6.45) is 7.83. The van der Waals surface area contributed by atoms with E-state index >= 15 is 0 Å². The molecule has 122 valence electrons. The molecule has 3 N–H and O–H groups in total. The van der Waals surface area contributed by atoms with Gasteiger partial charge in [-0.15, -0.1) is 5.10 Å². The fraction of sp³-hybridized carbons (Fsp3) is 0.800. The van der Waals surface area contributed by atoms with Gasteiger partial charge in [-0.1, -0.05) is 5.21 Å². The molecule has 2 aliphatic rings. The molecule has 0 bridgehead atoms. The molecule has 0 spiro atoms. The van der Waals surface area contributed by atoms with Crippen molar-refractivity contribution in [3.05, 3.63) is 11.9 Å². The molecule has 1 saturated heterocycles. The third-order valence-electron chi connectivity index (χ3n) is 4.77. The summed E-state index contributed by atoms with van der Waals surface area (Å²) in [7, 11) is 0. The second-order valence-electron chi connectivity index (χ2n) is 6.36. The van der Waals surface area contributed by atoms with Crippen molar-refractivity contribution >= 4 is 5.91 Å². The van der Waals surface area contributed by atoms with Crippen LogP contribution in [-0.2, 0) is 11.3 Å². The number of rotatable bonds is 7. The summed E-state index contributed by atoms with van der Waals surface area (Å²) in [5.74, 6) is 0.430. The average Bonchev–Trinajstić information content (AvgIpc) is 3.17. The number of aryl methyl sites for hydroxylation is 1. The summed E-state index contributed by atoms with van der Waals surface area (Å²) >= 11 is 0. The molecule has 2 fully saturated rings.